The normalized spacial score (nSPS) is 13.2. The fourth-order valence-corrected chi connectivity index (χ4v) is 2.79. The van der Waals surface area contributed by atoms with Crippen molar-refractivity contribution in [3.05, 3.63) is 74.8 Å². The van der Waals surface area contributed by atoms with Crippen molar-refractivity contribution in [3.63, 3.8) is 0 Å². The van der Waals surface area contributed by atoms with Gasteiger partial charge in [0.1, 0.15) is 0 Å². The quantitative estimate of drug-likeness (QED) is 0.445. The molecule has 3 rings (SSSR count). The first-order valence-corrected chi connectivity index (χ1v) is 8.38. The third-order valence-electron chi connectivity index (χ3n) is 3.91. The third kappa shape index (κ3) is 4.29. The van der Waals surface area contributed by atoms with Crippen LogP contribution in [0.2, 0.25) is 5.02 Å². The number of hydrogen-bond acceptors (Lipinski definition) is 6. The van der Waals surface area contributed by atoms with Crippen LogP contribution in [-0.4, -0.2) is 40.7 Å². The van der Waals surface area contributed by atoms with E-state index in [9.17, 15) is 19.7 Å². The molecule has 2 aromatic carbocycles. The molecule has 1 aliphatic rings. The van der Waals surface area contributed by atoms with Crippen LogP contribution in [0.3, 0.4) is 0 Å². The Kier molecular flexibility index (Phi) is 5.46. The van der Waals surface area contributed by atoms with Crippen LogP contribution >= 0.6 is 11.6 Å². The molecule has 0 N–H and O–H groups in total. The molecule has 9 heteroatoms. The molecule has 0 spiro atoms. The maximum absolute atomic E-state index is 12.2. The summed E-state index contributed by atoms with van der Waals surface area (Å²) in [4.78, 5) is 34.3. The minimum atomic E-state index is -0.838. The van der Waals surface area contributed by atoms with E-state index in [1.807, 2.05) is 30.3 Å². The number of carbonyl (C=O) groups excluding carboxylic acids is 2. The molecule has 0 aromatic heterocycles. The Morgan fingerprint density at radius 1 is 1.22 bits per heavy atom. The van der Waals surface area contributed by atoms with Crippen LogP contribution in [0.25, 0.3) is 0 Å². The molecule has 0 atom stereocenters. The van der Waals surface area contributed by atoms with E-state index in [1.54, 1.807) is 0 Å². The zero-order valence-electron chi connectivity index (χ0n) is 14.0. The molecule has 1 amide bonds. The number of ether oxygens (including phenoxy) is 1. The smallest absolute Gasteiger partial charge is 0.340 e. The summed E-state index contributed by atoms with van der Waals surface area (Å²) >= 11 is 5.88. The van der Waals surface area contributed by atoms with E-state index in [2.05, 4.69) is 5.10 Å². The van der Waals surface area contributed by atoms with Crippen molar-refractivity contribution in [3.8, 4) is 0 Å². The van der Waals surface area contributed by atoms with Gasteiger partial charge in [-0.15, -0.1) is 0 Å². The van der Waals surface area contributed by atoms with Crippen LogP contribution in [0, 0.1) is 10.1 Å². The van der Waals surface area contributed by atoms with Gasteiger partial charge in [-0.3, -0.25) is 14.9 Å². The van der Waals surface area contributed by atoms with Crippen LogP contribution in [0.1, 0.15) is 22.3 Å². The molecule has 0 bridgehead atoms. The molecule has 0 aliphatic carbocycles. The van der Waals surface area contributed by atoms with Gasteiger partial charge in [0.2, 0.25) is 0 Å². The molecule has 2 aromatic rings. The van der Waals surface area contributed by atoms with Gasteiger partial charge in [-0.05, 0) is 11.6 Å². The van der Waals surface area contributed by atoms with E-state index in [4.69, 9.17) is 16.3 Å². The Hall–Kier alpha value is -3.26. The first kappa shape index (κ1) is 18.5. The Labute approximate surface area is 159 Å². The molecule has 1 aliphatic heterocycles. The summed E-state index contributed by atoms with van der Waals surface area (Å²) in [6.45, 7) is -0.101. The molecule has 0 saturated carbocycles. The Morgan fingerprint density at radius 2 is 1.96 bits per heavy atom. The lowest BCUT2D eigenvalue weighted by molar-refractivity contribution is -0.384. The molecule has 0 fully saturated rings. The summed E-state index contributed by atoms with van der Waals surface area (Å²) in [5.41, 5.74) is 1.42. The van der Waals surface area contributed by atoms with E-state index < -0.39 is 23.4 Å². The van der Waals surface area contributed by atoms with Crippen molar-refractivity contribution >= 4 is 34.9 Å². The highest BCUT2D eigenvalue weighted by atomic mass is 35.5. The first-order valence-electron chi connectivity index (χ1n) is 8.00. The largest absolute Gasteiger partial charge is 0.452 e. The van der Waals surface area contributed by atoms with E-state index in [1.165, 1.54) is 11.1 Å². The number of non-ortho nitro benzene ring substituents is 1. The molecule has 27 heavy (non-hydrogen) atoms. The standard InChI is InChI=1S/C18H14ClN3O5/c19-15-10-13(22(25)26)6-7-14(15)18(24)27-11-17(23)21-9-8-16(20-21)12-4-2-1-3-5-12/h1-7,10H,8-9,11H2. The summed E-state index contributed by atoms with van der Waals surface area (Å²) in [7, 11) is 0. The van der Waals surface area contributed by atoms with Crippen LogP contribution in [-0.2, 0) is 9.53 Å². The summed E-state index contributed by atoms with van der Waals surface area (Å²) in [5.74, 6) is -1.30. The maximum atomic E-state index is 12.2. The summed E-state index contributed by atoms with van der Waals surface area (Å²) < 4.78 is 4.97. The number of halogens is 1. The summed E-state index contributed by atoms with van der Waals surface area (Å²) in [6, 6.07) is 12.9. The minimum absolute atomic E-state index is 0.0510. The average Bonchev–Trinajstić information content (AvgIpc) is 3.16. The zero-order chi connectivity index (χ0) is 19.4. The monoisotopic (exact) mass is 387 g/mol. The first-order chi connectivity index (χ1) is 13.0. The molecule has 0 unspecified atom stereocenters. The molecule has 1 heterocycles. The highest BCUT2D eigenvalue weighted by Gasteiger charge is 2.23. The van der Waals surface area contributed by atoms with Gasteiger partial charge in [-0.25, -0.2) is 9.80 Å². The SMILES string of the molecule is O=C(OCC(=O)N1CCC(c2ccccc2)=N1)c1ccc([N+](=O)[O-])cc1Cl. The van der Waals surface area contributed by atoms with Crippen molar-refractivity contribution in [2.75, 3.05) is 13.2 Å². The van der Waals surface area contributed by atoms with Gasteiger partial charge < -0.3 is 4.74 Å². The van der Waals surface area contributed by atoms with Gasteiger partial charge in [-0.2, -0.15) is 5.10 Å². The van der Waals surface area contributed by atoms with Crippen LogP contribution in [0.15, 0.2) is 53.6 Å². The Bertz CT molecular complexity index is 930. The van der Waals surface area contributed by atoms with Crippen LogP contribution in [0.4, 0.5) is 5.69 Å². The lowest BCUT2D eigenvalue weighted by Gasteiger charge is -2.11. The number of nitrogens with zero attached hydrogens (tertiary/aromatic N) is 3. The van der Waals surface area contributed by atoms with E-state index in [-0.39, 0.29) is 16.3 Å². The van der Waals surface area contributed by atoms with Crippen molar-refractivity contribution in [2.24, 2.45) is 5.10 Å². The molecule has 0 radical (unpaired) electrons. The number of benzene rings is 2. The van der Waals surface area contributed by atoms with Crippen molar-refractivity contribution in [2.45, 2.75) is 6.42 Å². The minimum Gasteiger partial charge on any atom is -0.452 e. The lowest BCUT2D eigenvalue weighted by atomic mass is 10.1. The Balaban J connectivity index is 1.60. The van der Waals surface area contributed by atoms with Gasteiger partial charge in [-0.1, -0.05) is 41.9 Å². The van der Waals surface area contributed by atoms with Gasteiger partial charge >= 0.3 is 5.97 Å². The zero-order valence-corrected chi connectivity index (χ0v) is 14.8. The second-order valence-corrected chi connectivity index (χ2v) is 6.08. The summed E-state index contributed by atoms with van der Waals surface area (Å²) in [6.07, 6.45) is 0.609. The number of esters is 1. The van der Waals surface area contributed by atoms with Crippen LogP contribution < -0.4 is 0 Å². The molecule has 138 valence electrons. The lowest BCUT2D eigenvalue weighted by Crippen LogP contribution is -2.28. The fourth-order valence-electron chi connectivity index (χ4n) is 2.53. The predicted octanol–water partition coefficient (Wildman–Crippen LogP) is 3.04. The molecular formula is C18H14ClN3O5. The number of carbonyl (C=O) groups is 2. The molecule has 0 saturated heterocycles. The van der Waals surface area contributed by atoms with E-state index in [0.717, 1.165) is 23.4 Å². The van der Waals surface area contributed by atoms with Gasteiger partial charge in [0, 0.05) is 18.6 Å². The van der Waals surface area contributed by atoms with E-state index in [0.29, 0.717) is 13.0 Å². The van der Waals surface area contributed by atoms with Crippen molar-refractivity contribution in [1.29, 1.82) is 0 Å². The fraction of sp³-hybridized carbons (Fsp3) is 0.167. The highest BCUT2D eigenvalue weighted by molar-refractivity contribution is 6.33. The number of nitro benzene ring substituents is 1. The summed E-state index contributed by atoms with van der Waals surface area (Å²) in [5, 5.41) is 16.1. The van der Waals surface area contributed by atoms with Gasteiger partial charge in [0.15, 0.2) is 6.61 Å². The van der Waals surface area contributed by atoms with Crippen LogP contribution in [0.5, 0.6) is 0 Å². The molecule has 8 nitrogen and oxygen atoms in total. The third-order valence-corrected chi connectivity index (χ3v) is 4.22. The average molecular weight is 388 g/mol. The van der Waals surface area contributed by atoms with Crippen molar-refractivity contribution < 1.29 is 19.2 Å². The number of hydrogen-bond donors (Lipinski definition) is 0. The number of amides is 1. The number of nitro groups is 1. The van der Waals surface area contributed by atoms with Gasteiger partial charge in [0.05, 0.1) is 27.8 Å². The highest BCUT2D eigenvalue weighted by Crippen LogP contribution is 2.23. The topological polar surface area (TPSA) is 102 Å². The molecular weight excluding hydrogens is 374 g/mol. The van der Waals surface area contributed by atoms with Gasteiger partial charge in [0.25, 0.3) is 11.6 Å². The second-order valence-electron chi connectivity index (χ2n) is 5.68. The number of hydrazone groups is 1. The Morgan fingerprint density at radius 3 is 2.63 bits per heavy atom. The van der Waals surface area contributed by atoms with E-state index >= 15 is 0 Å². The predicted molar refractivity (Wildman–Crippen MR) is 97.7 cm³/mol. The second kappa shape index (κ2) is 7.96. The number of rotatable bonds is 5. The van der Waals surface area contributed by atoms with Crippen molar-refractivity contribution in [1.82, 2.24) is 5.01 Å². The maximum Gasteiger partial charge on any atom is 0.340 e.